The molecule has 10 nitrogen and oxygen atoms in total. The summed E-state index contributed by atoms with van der Waals surface area (Å²) in [6, 6.07) is 6.60. The van der Waals surface area contributed by atoms with Crippen LogP contribution < -0.4 is 20.9 Å². The molecule has 0 aliphatic heterocycles. The van der Waals surface area contributed by atoms with Crippen LogP contribution in [0.2, 0.25) is 0 Å². The van der Waals surface area contributed by atoms with Crippen molar-refractivity contribution in [2.24, 2.45) is 0 Å². The van der Waals surface area contributed by atoms with E-state index in [1.54, 1.807) is 24.3 Å². The number of ether oxygens (including phenoxy) is 1. The first-order chi connectivity index (χ1) is 13.1. The van der Waals surface area contributed by atoms with Gasteiger partial charge in [0.2, 0.25) is 11.6 Å². The lowest BCUT2D eigenvalue weighted by atomic mass is 10.2. The van der Waals surface area contributed by atoms with Crippen molar-refractivity contribution in [2.45, 2.75) is 31.7 Å². The van der Waals surface area contributed by atoms with E-state index in [-0.39, 0.29) is 23.4 Å². The smallest absolute Gasteiger partial charge is 0.354 e. The molecule has 1 aliphatic carbocycles. The van der Waals surface area contributed by atoms with Crippen LogP contribution in [0.25, 0.3) is 0 Å². The van der Waals surface area contributed by atoms with Gasteiger partial charge in [0, 0.05) is 11.6 Å². The number of aromatic nitrogens is 2. The fourth-order valence-electron chi connectivity index (χ4n) is 2.94. The number of hydrogen-bond acceptors (Lipinski definition) is 8. The van der Waals surface area contributed by atoms with E-state index in [9.17, 15) is 14.9 Å². The van der Waals surface area contributed by atoms with Crippen LogP contribution in [0.15, 0.2) is 30.6 Å². The predicted octanol–water partition coefficient (Wildman–Crippen LogP) is 2.50. The van der Waals surface area contributed by atoms with Gasteiger partial charge in [-0.3, -0.25) is 25.8 Å². The topological polar surface area (TPSA) is 131 Å². The number of methoxy groups -OCH3 is 1. The van der Waals surface area contributed by atoms with E-state index in [0.717, 1.165) is 25.7 Å². The van der Waals surface area contributed by atoms with E-state index in [2.05, 4.69) is 26.1 Å². The first-order valence-corrected chi connectivity index (χ1v) is 8.55. The molecule has 3 rings (SSSR count). The van der Waals surface area contributed by atoms with Crippen LogP contribution >= 0.6 is 0 Å². The molecule has 1 aliphatic rings. The summed E-state index contributed by atoms with van der Waals surface area (Å²) in [4.78, 5) is 31.1. The molecule has 0 spiro atoms. The largest absolute Gasteiger partial charge is 0.497 e. The molecule has 1 amide bonds. The Labute approximate surface area is 155 Å². The lowest BCUT2D eigenvalue weighted by molar-refractivity contribution is -0.383. The Bertz CT molecular complexity index is 821. The van der Waals surface area contributed by atoms with Crippen LogP contribution in [0.3, 0.4) is 0 Å². The Morgan fingerprint density at radius 2 is 1.85 bits per heavy atom. The predicted molar refractivity (Wildman–Crippen MR) is 98.6 cm³/mol. The van der Waals surface area contributed by atoms with Gasteiger partial charge in [-0.1, -0.05) is 12.8 Å². The van der Waals surface area contributed by atoms with Crippen molar-refractivity contribution in [3.8, 4) is 5.75 Å². The molecule has 0 unspecified atom stereocenters. The molecular formula is C17H20N6O4. The van der Waals surface area contributed by atoms with Gasteiger partial charge in [0.25, 0.3) is 5.91 Å². The molecule has 10 heteroatoms. The molecule has 3 N–H and O–H groups in total. The highest BCUT2D eigenvalue weighted by atomic mass is 16.6. The van der Waals surface area contributed by atoms with Crippen LogP contribution in [0, 0.1) is 10.1 Å². The fraction of sp³-hybridized carbons (Fsp3) is 0.353. The molecule has 1 fully saturated rings. The minimum atomic E-state index is -0.570. The normalized spacial score (nSPS) is 13.8. The third kappa shape index (κ3) is 4.40. The third-order valence-corrected chi connectivity index (χ3v) is 4.35. The van der Waals surface area contributed by atoms with Crippen molar-refractivity contribution in [3.63, 3.8) is 0 Å². The lowest BCUT2D eigenvalue weighted by Crippen LogP contribution is -2.30. The second-order valence-corrected chi connectivity index (χ2v) is 6.11. The maximum atomic E-state index is 12.2. The minimum absolute atomic E-state index is 0.0858. The lowest BCUT2D eigenvalue weighted by Gasteiger charge is -2.14. The molecule has 0 atom stereocenters. The maximum Gasteiger partial charge on any atom is 0.354 e. The Morgan fingerprint density at radius 3 is 2.48 bits per heavy atom. The summed E-state index contributed by atoms with van der Waals surface area (Å²) in [7, 11) is 1.53. The van der Waals surface area contributed by atoms with E-state index in [1.165, 1.54) is 13.4 Å². The summed E-state index contributed by atoms with van der Waals surface area (Å²) < 4.78 is 5.04. The fourth-order valence-corrected chi connectivity index (χ4v) is 2.94. The Hall–Kier alpha value is -3.43. The van der Waals surface area contributed by atoms with E-state index in [0.29, 0.717) is 11.3 Å². The van der Waals surface area contributed by atoms with Crippen molar-refractivity contribution in [2.75, 3.05) is 17.9 Å². The Morgan fingerprint density at radius 1 is 1.19 bits per heavy atom. The summed E-state index contributed by atoms with van der Waals surface area (Å²) in [5, 5.41) is 14.6. The van der Waals surface area contributed by atoms with Gasteiger partial charge < -0.3 is 10.1 Å². The first-order valence-electron chi connectivity index (χ1n) is 8.55. The highest BCUT2D eigenvalue weighted by Gasteiger charge is 2.26. The number of hydrazine groups is 1. The SMILES string of the molecule is COc1ccc(C(=O)NNc2ncnc(NC3CCCC3)c2[N+](=O)[O-])cc1. The number of anilines is 2. The summed E-state index contributed by atoms with van der Waals surface area (Å²) in [6.07, 6.45) is 5.27. The number of carbonyl (C=O) groups excluding carboxylic acids is 1. The molecular weight excluding hydrogens is 352 g/mol. The van der Waals surface area contributed by atoms with Crippen LogP contribution in [-0.4, -0.2) is 34.0 Å². The number of rotatable bonds is 7. The molecule has 142 valence electrons. The summed E-state index contributed by atoms with van der Waals surface area (Å²) in [6.45, 7) is 0. The molecule has 0 radical (unpaired) electrons. The number of benzene rings is 1. The average Bonchev–Trinajstić information content (AvgIpc) is 3.19. The molecule has 1 aromatic heterocycles. The summed E-state index contributed by atoms with van der Waals surface area (Å²) in [5.41, 5.74) is 5.00. The van der Waals surface area contributed by atoms with Crippen LogP contribution in [0.4, 0.5) is 17.3 Å². The van der Waals surface area contributed by atoms with Crippen molar-refractivity contribution >= 4 is 23.2 Å². The average molecular weight is 372 g/mol. The summed E-state index contributed by atoms with van der Waals surface area (Å²) >= 11 is 0. The first kappa shape index (κ1) is 18.4. The Balaban J connectivity index is 1.73. The quantitative estimate of drug-likeness (QED) is 0.499. The maximum absolute atomic E-state index is 12.2. The van der Waals surface area contributed by atoms with Gasteiger partial charge in [0.15, 0.2) is 0 Å². The highest BCUT2D eigenvalue weighted by molar-refractivity contribution is 5.95. The van der Waals surface area contributed by atoms with Crippen LogP contribution in [0.1, 0.15) is 36.0 Å². The van der Waals surface area contributed by atoms with Crippen molar-refractivity contribution < 1.29 is 14.5 Å². The van der Waals surface area contributed by atoms with E-state index in [4.69, 9.17) is 4.74 Å². The van der Waals surface area contributed by atoms with Gasteiger partial charge in [0.1, 0.15) is 12.1 Å². The van der Waals surface area contributed by atoms with Gasteiger partial charge >= 0.3 is 5.69 Å². The third-order valence-electron chi connectivity index (χ3n) is 4.35. The zero-order valence-electron chi connectivity index (χ0n) is 14.8. The number of hydrogen-bond donors (Lipinski definition) is 3. The van der Waals surface area contributed by atoms with Crippen molar-refractivity contribution in [3.05, 3.63) is 46.3 Å². The van der Waals surface area contributed by atoms with Crippen molar-refractivity contribution in [1.82, 2.24) is 15.4 Å². The highest BCUT2D eigenvalue weighted by Crippen LogP contribution is 2.31. The van der Waals surface area contributed by atoms with E-state index < -0.39 is 10.8 Å². The standard InChI is InChI=1S/C17H20N6O4/c1-27-13-8-6-11(7-9-13)17(24)22-21-16-14(23(25)26)15(18-10-19-16)20-12-4-2-3-5-12/h6-10,12H,2-5H2,1H3,(H,22,24)(H2,18,19,20,21). The van der Waals surface area contributed by atoms with Crippen molar-refractivity contribution in [1.29, 1.82) is 0 Å². The van der Waals surface area contributed by atoms with E-state index >= 15 is 0 Å². The van der Waals surface area contributed by atoms with Gasteiger partial charge in [0.05, 0.1) is 12.0 Å². The number of nitrogens with one attached hydrogen (secondary N) is 3. The number of nitro groups is 1. The zero-order chi connectivity index (χ0) is 19.2. The van der Waals surface area contributed by atoms with Gasteiger partial charge in [-0.15, -0.1) is 0 Å². The molecule has 27 heavy (non-hydrogen) atoms. The molecule has 2 aromatic rings. The molecule has 1 heterocycles. The van der Waals surface area contributed by atoms with Gasteiger partial charge in [-0.05, 0) is 37.1 Å². The van der Waals surface area contributed by atoms with E-state index in [1.807, 2.05) is 0 Å². The second kappa shape index (κ2) is 8.30. The molecule has 0 saturated heterocycles. The summed E-state index contributed by atoms with van der Waals surface area (Å²) in [5.74, 6) is 0.213. The Kier molecular flexibility index (Phi) is 5.64. The molecule has 1 aromatic carbocycles. The van der Waals surface area contributed by atoms with Gasteiger partial charge in [-0.25, -0.2) is 9.97 Å². The number of carbonyl (C=O) groups is 1. The van der Waals surface area contributed by atoms with Crippen LogP contribution in [0.5, 0.6) is 5.75 Å². The van der Waals surface area contributed by atoms with Crippen LogP contribution in [-0.2, 0) is 0 Å². The minimum Gasteiger partial charge on any atom is -0.497 e. The monoisotopic (exact) mass is 372 g/mol. The number of nitrogens with zero attached hydrogens (tertiary/aromatic N) is 3. The van der Waals surface area contributed by atoms with Gasteiger partial charge in [-0.2, -0.15) is 0 Å². The molecule has 0 bridgehead atoms. The molecule has 1 saturated carbocycles. The zero-order valence-corrected chi connectivity index (χ0v) is 14.8. The second-order valence-electron chi connectivity index (χ2n) is 6.11. The number of amides is 1.